The van der Waals surface area contributed by atoms with E-state index in [1.807, 2.05) is 24.6 Å². The number of imidazole rings is 1. The number of carbonyl (C=O) groups excluding carboxylic acids is 2. The summed E-state index contributed by atoms with van der Waals surface area (Å²) in [5, 5.41) is 4.76. The number of H-pyrrole nitrogens is 1. The van der Waals surface area contributed by atoms with Crippen LogP contribution < -0.4 is 5.73 Å². The van der Waals surface area contributed by atoms with Crippen LogP contribution in [0.1, 0.15) is 65.1 Å². The molecule has 0 aliphatic heterocycles. The van der Waals surface area contributed by atoms with Crippen molar-refractivity contribution in [2.24, 2.45) is 11.1 Å². The monoisotopic (exact) mass is 365 g/mol. The first kappa shape index (κ1) is 17.5. The van der Waals surface area contributed by atoms with Gasteiger partial charge in [0, 0.05) is 6.42 Å². The van der Waals surface area contributed by atoms with Gasteiger partial charge in [0.25, 0.3) is 5.91 Å². The molecule has 2 heterocycles. The maximum atomic E-state index is 12.8. The molecule has 1 aliphatic carbocycles. The van der Waals surface area contributed by atoms with Crippen LogP contribution >= 0.6 is 0 Å². The van der Waals surface area contributed by atoms with Gasteiger partial charge in [0.05, 0.1) is 33.7 Å². The van der Waals surface area contributed by atoms with Crippen molar-refractivity contribution in [1.82, 2.24) is 19.7 Å². The van der Waals surface area contributed by atoms with Crippen LogP contribution in [0.4, 0.5) is 0 Å². The van der Waals surface area contributed by atoms with E-state index in [0.29, 0.717) is 35.3 Å². The summed E-state index contributed by atoms with van der Waals surface area (Å²) < 4.78 is 1.84. The number of Topliss-reactive ketones (excluding diaryl/α,β-unsaturated/α-hetero) is 1. The lowest BCUT2D eigenvalue weighted by Crippen LogP contribution is -2.28. The van der Waals surface area contributed by atoms with Crippen molar-refractivity contribution in [3.63, 3.8) is 0 Å². The van der Waals surface area contributed by atoms with Crippen LogP contribution in [0.2, 0.25) is 0 Å². The van der Waals surface area contributed by atoms with E-state index in [9.17, 15) is 9.59 Å². The number of fused-ring (bicyclic) bond motifs is 2. The summed E-state index contributed by atoms with van der Waals surface area (Å²) in [6.45, 7) is 8.04. The van der Waals surface area contributed by atoms with Gasteiger partial charge >= 0.3 is 0 Å². The molecule has 4 rings (SSSR count). The number of aromatic amines is 1. The quantitative estimate of drug-likeness (QED) is 0.744. The van der Waals surface area contributed by atoms with Crippen LogP contribution in [0.3, 0.4) is 0 Å². The number of carbonyl (C=O) groups is 2. The normalized spacial score (nSPS) is 15.9. The van der Waals surface area contributed by atoms with E-state index in [4.69, 9.17) is 10.8 Å². The number of aryl methyl sites for hydroxylation is 2. The van der Waals surface area contributed by atoms with Crippen LogP contribution in [0.15, 0.2) is 12.1 Å². The van der Waals surface area contributed by atoms with Gasteiger partial charge in [0.1, 0.15) is 11.3 Å². The largest absolute Gasteiger partial charge is 0.366 e. The molecule has 0 unspecified atom stereocenters. The number of aromatic nitrogens is 4. The van der Waals surface area contributed by atoms with Crippen LogP contribution in [0.5, 0.6) is 0 Å². The minimum atomic E-state index is -0.522. The number of nitrogens with zero attached hydrogens (tertiary/aromatic N) is 3. The Morgan fingerprint density at radius 2 is 2.07 bits per heavy atom. The van der Waals surface area contributed by atoms with Crippen LogP contribution in [0.25, 0.3) is 16.7 Å². The molecular weight excluding hydrogens is 342 g/mol. The predicted octanol–water partition coefficient (Wildman–Crippen LogP) is 2.87. The zero-order valence-corrected chi connectivity index (χ0v) is 16.0. The topological polar surface area (TPSA) is 107 Å². The van der Waals surface area contributed by atoms with E-state index in [1.165, 1.54) is 0 Å². The standard InChI is InChI=1S/C20H23N5O2/c1-5-12-16-14(8-20(3,4)9-15(16)26)25(24-12)13-7-6-11(19(21)27)17-18(13)23-10(2)22-17/h6-7H,5,8-9H2,1-4H3,(H2,21,27)(H,22,23). The number of benzene rings is 1. The summed E-state index contributed by atoms with van der Waals surface area (Å²) in [5.41, 5.74) is 10.2. The van der Waals surface area contributed by atoms with Crippen molar-refractivity contribution in [2.45, 2.75) is 47.0 Å². The Hall–Kier alpha value is -2.96. The molecule has 2 aromatic heterocycles. The second kappa shape index (κ2) is 5.77. The first-order chi connectivity index (χ1) is 12.7. The number of ketones is 1. The number of nitrogens with one attached hydrogen (secondary N) is 1. The number of rotatable bonds is 3. The van der Waals surface area contributed by atoms with E-state index in [0.717, 1.165) is 29.1 Å². The third-order valence-electron chi connectivity index (χ3n) is 5.19. The van der Waals surface area contributed by atoms with Gasteiger partial charge in [-0.05, 0) is 37.3 Å². The molecule has 140 valence electrons. The minimum Gasteiger partial charge on any atom is -0.366 e. The Morgan fingerprint density at radius 3 is 2.74 bits per heavy atom. The van der Waals surface area contributed by atoms with Gasteiger partial charge in [-0.3, -0.25) is 9.59 Å². The van der Waals surface area contributed by atoms with Crippen molar-refractivity contribution < 1.29 is 9.59 Å². The maximum absolute atomic E-state index is 12.8. The minimum absolute atomic E-state index is 0.122. The van der Waals surface area contributed by atoms with Gasteiger partial charge in [-0.2, -0.15) is 5.10 Å². The van der Waals surface area contributed by atoms with Crippen molar-refractivity contribution in [2.75, 3.05) is 0 Å². The molecule has 0 radical (unpaired) electrons. The highest BCUT2D eigenvalue weighted by atomic mass is 16.1. The van der Waals surface area contributed by atoms with Crippen LogP contribution in [-0.4, -0.2) is 31.4 Å². The van der Waals surface area contributed by atoms with E-state index in [1.54, 1.807) is 6.07 Å². The molecule has 1 aromatic carbocycles. The Bertz CT molecular complexity index is 1100. The third kappa shape index (κ3) is 2.65. The lowest BCUT2D eigenvalue weighted by molar-refractivity contribution is 0.0909. The van der Waals surface area contributed by atoms with Crippen molar-refractivity contribution in [3.8, 4) is 5.69 Å². The molecule has 0 spiro atoms. The fourth-order valence-electron chi connectivity index (χ4n) is 4.05. The smallest absolute Gasteiger partial charge is 0.250 e. The highest BCUT2D eigenvalue weighted by molar-refractivity contribution is 6.06. The van der Waals surface area contributed by atoms with E-state index < -0.39 is 5.91 Å². The molecule has 0 fully saturated rings. The zero-order valence-electron chi connectivity index (χ0n) is 16.0. The molecular formula is C20H23N5O2. The summed E-state index contributed by atoms with van der Waals surface area (Å²) in [6.07, 6.45) is 1.97. The molecule has 0 bridgehead atoms. The molecule has 1 aliphatic rings. The van der Waals surface area contributed by atoms with Gasteiger partial charge in [-0.25, -0.2) is 9.67 Å². The van der Waals surface area contributed by atoms with Gasteiger partial charge < -0.3 is 10.7 Å². The summed E-state index contributed by atoms with van der Waals surface area (Å²) in [7, 11) is 0. The van der Waals surface area contributed by atoms with Gasteiger partial charge in [-0.15, -0.1) is 0 Å². The van der Waals surface area contributed by atoms with Gasteiger partial charge in [0.15, 0.2) is 5.78 Å². The van der Waals surface area contributed by atoms with Crippen LogP contribution in [-0.2, 0) is 12.8 Å². The maximum Gasteiger partial charge on any atom is 0.250 e. The summed E-state index contributed by atoms with van der Waals surface area (Å²) in [6, 6.07) is 3.49. The Kier molecular flexibility index (Phi) is 3.73. The SMILES string of the molecule is CCc1nn(-c2ccc(C(N)=O)c3nc(C)[nH]c23)c2c1C(=O)CC(C)(C)C2. The van der Waals surface area contributed by atoms with E-state index in [-0.39, 0.29) is 11.2 Å². The fraction of sp³-hybridized carbons (Fsp3) is 0.400. The third-order valence-corrected chi connectivity index (χ3v) is 5.19. The number of amides is 1. The molecule has 7 heteroatoms. The number of hydrogen-bond acceptors (Lipinski definition) is 4. The average molecular weight is 365 g/mol. The second-order valence-corrected chi connectivity index (χ2v) is 8.02. The molecule has 0 saturated heterocycles. The summed E-state index contributed by atoms with van der Waals surface area (Å²) in [4.78, 5) is 32.2. The lowest BCUT2D eigenvalue weighted by atomic mass is 9.75. The highest BCUT2D eigenvalue weighted by Crippen LogP contribution is 2.38. The van der Waals surface area contributed by atoms with Gasteiger partial charge in [-0.1, -0.05) is 20.8 Å². The molecule has 27 heavy (non-hydrogen) atoms. The Balaban J connectivity index is 2.02. The molecule has 3 N–H and O–H groups in total. The summed E-state index contributed by atoms with van der Waals surface area (Å²) >= 11 is 0. The van der Waals surface area contributed by atoms with Crippen LogP contribution in [0, 0.1) is 12.3 Å². The average Bonchev–Trinajstić information content (AvgIpc) is 3.12. The Morgan fingerprint density at radius 1 is 1.33 bits per heavy atom. The zero-order chi connectivity index (χ0) is 19.5. The second-order valence-electron chi connectivity index (χ2n) is 8.02. The summed E-state index contributed by atoms with van der Waals surface area (Å²) in [5.74, 6) is 0.314. The first-order valence-electron chi connectivity index (χ1n) is 9.15. The number of hydrogen-bond donors (Lipinski definition) is 2. The molecule has 7 nitrogen and oxygen atoms in total. The van der Waals surface area contributed by atoms with E-state index in [2.05, 4.69) is 23.8 Å². The first-order valence-corrected chi connectivity index (χ1v) is 9.15. The van der Waals surface area contributed by atoms with E-state index >= 15 is 0 Å². The highest BCUT2D eigenvalue weighted by Gasteiger charge is 2.36. The molecule has 3 aromatic rings. The van der Waals surface area contributed by atoms with Gasteiger partial charge in [0.2, 0.25) is 0 Å². The van der Waals surface area contributed by atoms with Crippen molar-refractivity contribution in [3.05, 3.63) is 40.5 Å². The molecule has 0 saturated carbocycles. The predicted molar refractivity (Wildman–Crippen MR) is 102 cm³/mol. The number of nitrogens with two attached hydrogens (primary N) is 1. The molecule has 0 atom stereocenters. The Labute approximate surface area is 157 Å². The molecule has 1 amide bonds. The lowest BCUT2D eigenvalue weighted by Gasteiger charge is -2.29. The van der Waals surface area contributed by atoms with Crippen molar-refractivity contribution in [1.29, 1.82) is 0 Å². The fourth-order valence-corrected chi connectivity index (χ4v) is 4.05. The number of primary amides is 1. The van der Waals surface area contributed by atoms with Crippen molar-refractivity contribution >= 4 is 22.7 Å².